The number of fused-ring (bicyclic) bond motifs is 1. The van der Waals surface area contributed by atoms with E-state index >= 15 is 0 Å². The van der Waals surface area contributed by atoms with E-state index in [0.717, 1.165) is 6.07 Å². The number of aliphatic carboxylic acids is 1. The molecule has 15 heteroatoms. The van der Waals surface area contributed by atoms with E-state index in [-0.39, 0.29) is 39.2 Å². The number of aliphatic hydroxyl groups is 1. The number of β-lactam (4-membered cyclic amide) rings is 1. The van der Waals surface area contributed by atoms with Gasteiger partial charge >= 0.3 is 5.97 Å². The highest BCUT2D eigenvalue weighted by molar-refractivity contribution is 8.03. The largest absolute Gasteiger partial charge is 0.477 e. The number of sulfonamides is 2. The van der Waals surface area contributed by atoms with Crippen LogP contribution in [-0.2, 0) is 29.6 Å². The zero-order valence-corrected chi connectivity index (χ0v) is 21.9. The van der Waals surface area contributed by atoms with Gasteiger partial charge in [-0.2, -0.15) is 0 Å². The van der Waals surface area contributed by atoms with Crippen molar-refractivity contribution in [3.63, 3.8) is 0 Å². The third-order valence-corrected chi connectivity index (χ3v) is 10.6. The van der Waals surface area contributed by atoms with Gasteiger partial charge in [-0.05, 0) is 31.5 Å². The van der Waals surface area contributed by atoms with Gasteiger partial charge in [-0.1, -0.05) is 13.0 Å². The molecule has 0 spiro atoms. The van der Waals surface area contributed by atoms with Crippen molar-refractivity contribution in [2.45, 2.75) is 53.5 Å². The van der Waals surface area contributed by atoms with Gasteiger partial charge in [0.2, 0.25) is 26.0 Å². The van der Waals surface area contributed by atoms with Crippen LogP contribution in [0.3, 0.4) is 0 Å². The van der Waals surface area contributed by atoms with Gasteiger partial charge < -0.3 is 20.4 Å². The summed E-state index contributed by atoms with van der Waals surface area (Å²) in [5.41, 5.74) is -0.0432. The first kappa shape index (κ1) is 27.0. The lowest BCUT2D eigenvalue weighted by atomic mass is 9.79. The van der Waals surface area contributed by atoms with Crippen LogP contribution in [0.25, 0.3) is 0 Å². The van der Waals surface area contributed by atoms with Gasteiger partial charge in [-0.3, -0.25) is 4.79 Å². The van der Waals surface area contributed by atoms with Crippen molar-refractivity contribution >= 4 is 43.7 Å². The minimum Gasteiger partial charge on any atom is -0.477 e. The standard InChI is InChI=1S/C21H28N4O8S3/c1-10-17-16(11(2)26)20(27)25(17)18(21(28)29)19(10)34-13-6-12(23-9-13)8-24-36(32,33)15-5-3-4-14(7-15)35(22,30)31/h3-5,7,10-13,16-17,23-24,26H,6,8-9H2,1-2H3,(H,28,29)(H2,22,30,31)/t10-,11-,12+,13-,16?,17?/m1/s1. The molecule has 0 aromatic heterocycles. The van der Waals surface area contributed by atoms with Crippen LogP contribution >= 0.6 is 11.8 Å². The number of carboxylic acid groups (broad SMARTS) is 1. The number of hydrogen-bond donors (Lipinski definition) is 5. The summed E-state index contributed by atoms with van der Waals surface area (Å²) in [6.45, 7) is 3.91. The number of primary sulfonamides is 1. The second-order valence-electron chi connectivity index (χ2n) is 9.22. The van der Waals surface area contributed by atoms with Crippen molar-refractivity contribution < 1.29 is 36.6 Å². The molecule has 1 aromatic carbocycles. The van der Waals surface area contributed by atoms with Crippen molar-refractivity contribution in [1.29, 1.82) is 0 Å². The molecule has 2 unspecified atom stereocenters. The Labute approximate surface area is 213 Å². The van der Waals surface area contributed by atoms with Crippen molar-refractivity contribution in [2.75, 3.05) is 13.1 Å². The highest BCUT2D eigenvalue weighted by atomic mass is 32.2. The average molecular weight is 561 g/mol. The van der Waals surface area contributed by atoms with Gasteiger partial charge in [-0.25, -0.2) is 31.5 Å². The van der Waals surface area contributed by atoms with Crippen molar-refractivity contribution in [1.82, 2.24) is 14.9 Å². The lowest BCUT2D eigenvalue weighted by molar-refractivity contribution is -0.163. The highest BCUT2D eigenvalue weighted by Crippen LogP contribution is 2.51. The van der Waals surface area contributed by atoms with Gasteiger partial charge in [-0.15, -0.1) is 11.8 Å². The Morgan fingerprint density at radius 1 is 1.31 bits per heavy atom. The van der Waals surface area contributed by atoms with E-state index in [4.69, 9.17) is 5.14 Å². The number of nitrogens with zero attached hydrogens (tertiary/aromatic N) is 1. The van der Waals surface area contributed by atoms with Crippen molar-refractivity contribution in [3.8, 4) is 0 Å². The number of benzene rings is 1. The predicted molar refractivity (Wildman–Crippen MR) is 130 cm³/mol. The van der Waals surface area contributed by atoms with E-state index in [1.165, 1.54) is 41.8 Å². The van der Waals surface area contributed by atoms with E-state index in [9.17, 15) is 36.6 Å². The predicted octanol–water partition coefficient (Wildman–Crippen LogP) is -0.770. The number of hydrogen-bond acceptors (Lipinski definition) is 9. The zero-order chi connectivity index (χ0) is 26.6. The third kappa shape index (κ3) is 4.92. The molecule has 1 aromatic rings. The number of carboxylic acids is 1. The number of carbonyl (C=O) groups excluding carboxylic acids is 1. The molecule has 0 radical (unpaired) electrons. The molecular formula is C21H28N4O8S3. The van der Waals surface area contributed by atoms with E-state index < -0.39 is 50.0 Å². The van der Waals surface area contributed by atoms with Crippen LogP contribution in [0.2, 0.25) is 0 Å². The molecule has 2 saturated heterocycles. The van der Waals surface area contributed by atoms with Crippen LogP contribution in [0.5, 0.6) is 0 Å². The molecule has 6 N–H and O–H groups in total. The number of nitrogens with one attached hydrogen (secondary N) is 2. The Morgan fingerprint density at radius 2 is 1.97 bits per heavy atom. The maximum Gasteiger partial charge on any atom is 0.353 e. The minimum absolute atomic E-state index is 0.0384. The van der Waals surface area contributed by atoms with Crippen LogP contribution < -0.4 is 15.2 Å². The van der Waals surface area contributed by atoms with Gasteiger partial charge in [0.15, 0.2) is 0 Å². The summed E-state index contributed by atoms with van der Waals surface area (Å²) in [6.07, 6.45) is -0.344. The number of aliphatic hydroxyl groups excluding tert-OH is 1. The maximum absolute atomic E-state index is 12.7. The molecule has 2 fully saturated rings. The number of amides is 1. The number of thioether (sulfide) groups is 1. The summed E-state index contributed by atoms with van der Waals surface area (Å²) in [7, 11) is -8.05. The van der Waals surface area contributed by atoms with Gasteiger partial charge in [0, 0.05) is 35.2 Å². The van der Waals surface area contributed by atoms with Crippen molar-refractivity contribution in [3.05, 3.63) is 34.9 Å². The van der Waals surface area contributed by atoms with Crippen LogP contribution in [0.1, 0.15) is 20.3 Å². The Bertz CT molecular complexity index is 1330. The van der Waals surface area contributed by atoms with Crippen LogP contribution in [0.4, 0.5) is 0 Å². The Morgan fingerprint density at radius 3 is 2.58 bits per heavy atom. The van der Waals surface area contributed by atoms with Gasteiger partial charge in [0.1, 0.15) is 5.70 Å². The summed E-state index contributed by atoms with van der Waals surface area (Å²) in [5, 5.41) is 28.0. The van der Waals surface area contributed by atoms with E-state index in [1.807, 2.05) is 6.92 Å². The molecule has 36 heavy (non-hydrogen) atoms. The third-order valence-electron chi connectivity index (χ3n) is 6.75. The summed E-state index contributed by atoms with van der Waals surface area (Å²) in [5.74, 6) is -2.47. The average Bonchev–Trinajstić information content (AvgIpc) is 3.33. The lowest BCUT2D eigenvalue weighted by Crippen LogP contribution is -2.63. The molecule has 1 amide bonds. The monoisotopic (exact) mass is 560 g/mol. The molecule has 6 atom stereocenters. The summed E-state index contributed by atoms with van der Waals surface area (Å²) in [4.78, 5) is 25.8. The van der Waals surface area contributed by atoms with Crippen LogP contribution in [-0.4, -0.2) is 80.4 Å². The fourth-order valence-electron chi connectivity index (χ4n) is 5.00. The Hall–Kier alpha value is -2.01. The van der Waals surface area contributed by atoms with Gasteiger partial charge in [0.25, 0.3) is 0 Å². The van der Waals surface area contributed by atoms with E-state index in [1.54, 1.807) is 0 Å². The molecule has 3 heterocycles. The molecule has 0 saturated carbocycles. The topological polar surface area (TPSA) is 196 Å². The second-order valence-corrected chi connectivity index (χ2v) is 13.9. The maximum atomic E-state index is 12.7. The second kappa shape index (κ2) is 9.70. The smallest absolute Gasteiger partial charge is 0.353 e. The molecule has 0 aliphatic carbocycles. The van der Waals surface area contributed by atoms with Crippen LogP contribution in [0.15, 0.2) is 44.7 Å². The Balaban J connectivity index is 1.40. The van der Waals surface area contributed by atoms with Crippen molar-refractivity contribution in [2.24, 2.45) is 17.0 Å². The first-order valence-corrected chi connectivity index (χ1v) is 15.1. The highest BCUT2D eigenvalue weighted by Gasteiger charge is 2.60. The normalized spacial score (nSPS) is 29.3. The zero-order valence-electron chi connectivity index (χ0n) is 19.5. The fourth-order valence-corrected chi connectivity index (χ4v) is 8.28. The number of rotatable bonds is 9. The molecule has 12 nitrogen and oxygen atoms in total. The quantitative estimate of drug-likeness (QED) is 0.239. The fraction of sp³-hybridized carbons (Fsp3) is 0.524. The van der Waals surface area contributed by atoms with Gasteiger partial charge in [0.05, 0.1) is 27.9 Å². The SMILES string of the molecule is C[C@@H](O)C1C(=O)N2C(C(=O)O)=C(S[C@H]3CN[C@H](CNS(=O)(=O)c4cccc(S(N)(=O)=O)c4)C3)[C@H](C)C12. The molecule has 3 aliphatic rings. The molecule has 3 aliphatic heterocycles. The summed E-state index contributed by atoms with van der Waals surface area (Å²) < 4.78 is 50.9. The lowest BCUT2D eigenvalue weighted by Gasteiger charge is -2.46. The molecule has 4 rings (SSSR count). The molecular weight excluding hydrogens is 532 g/mol. The first-order valence-electron chi connectivity index (χ1n) is 11.2. The molecule has 0 bridgehead atoms. The summed E-state index contributed by atoms with van der Waals surface area (Å²) >= 11 is 1.36. The number of nitrogens with two attached hydrogens (primary N) is 1. The molecule has 198 valence electrons. The number of carbonyl (C=O) groups is 2. The van der Waals surface area contributed by atoms with E-state index in [0.29, 0.717) is 17.9 Å². The Kier molecular flexibility index (Phi) is 7.29. The first-order chi connectivity index (χ1) is 16.7. The minimum atomic E-state index is -4.06. The summed E-state index contributed by atoms with van der Waals surface area (Å²) in [6, 6.07) is 4.12. The van der Waals surface area contributed by atoms with E-state index in [2.05, 4.69) is 10.0 Å². The van der Waals surface area contributed by atoms with Crippen LogP contribution in [0, 0.1) is 11.8 Å².